The van der Waals surface area contributed by atoms with E-state index in [1.165, 1.54) is 28.6 Å². The Hall–Kier alpha value is -1.50. The number of para-hydroxylation sites is 1. The monoisotopic (exact) mass is 245 g/mol. The van der Waals surface area contributed by atoms with Crippen molar-refractivity contribution in [2.24, 2.45) is 7.05 Å². The van der Waals surface area contributed by atoms with Gasteiger partial charge in [-0.05, 0) is 24.6 Å². The van der Waals surface area contributed by atoms with Crippen molar-refractivity contribution in [1.82, 2.24) is 4.57 Å². The highest BCUT2D eigenvalue weighted by Crippen LogP contribution is 2.24. The second-order valence-corrected chi connectivity index (χ2v) is 4.00. The topological polar surface area (TPSA) is 4.93 Å². The molecule has 0 spiro atoms. The van der Waals surface area contributed by atoms with E-state index < -0.39 is 0 Å². The maximum absolute atomic E-state index is 3.83. The minimum atomic E-state index is 1.21. The van der Waals surface area contributed by atoms with Gasteiger partial charge in [-0.3, -0.25) is 0 Å². The Kier molecular flexibility index (Phi) is 7.86. The number of hydrogen-bond acceptors (Lipinski definition) is 0. The largest absolute Gasteiger partial charge is 0.344 e. The minimum absolute atomic E-state index is 1.21. The predicted octanol–water partition coefficient (Wildman–Crippen LogP) is 5.57. The lowest BCUT2D eigenvalue weighted by Gasteiger charge is -1.97. The van der Waals surface area contributed by atoms with Gasteiger partial charge in [-0.25, -0.2) is 0 Å². The van der Waals surface area contributed by atoms with Crippen LogP contribution in [-0.2, 0) is 7.05 Å². The van der Waals surface area contributed by atoms with Gasteiger partial charge in [-0.1, -0.05) is 58.9 Å². The van der Waals surface area contributed by atoms with Crippen LogP contribution in [0.15, 0.2) is 30.8 Å². The molecule has 0 amide bonds. The molecule has 0 aliphatic carbocycles. The number of aryl methyl sites for hydroxylation is 2. The maximum atomic E-state index is 3.83. The number of hydrogen-bond donors (Lipinski definition) is 0. The highest BCUT2D eigenvalue weighted by Gasteiger charge is 2.06. The highest BCUT2D eigenvalue weighted by atomic mass is 14.9. The third-order valence-corrected chi connectivity index (χ3v) is 2.61. The summed E-state index contributed by atoms with van der Waals surface area (Å²) < 4.78 is 2.18. The average Bonchev–Trinajstić information content (AvgIpc) is 2.66. The molecule has 2 aromatic rings. The summed E-state index contributed by atoms with van der Waals surface area (Å²) in [6.07, 6.45) is 3.16. The molecule has 0 saturated carbocycles. The van der Waals surface area contributed by atoms with Gasteiger partial charge in [0.2, 0.25) is 0 Å². The summed E-state index contributed by atoms with van der Waals surface area (Å²) in [5.41, 5.74) is 3.80. The van der Waals surface area contributed by atoms with Crippen LogP contribution in [0.25, 0.3) is 17.0 Å². The minimum Gasteiger partial charge on any atom is -0.344 e. The first kappa shape index (κ1) is 16.5. The molecule has 1 aromatic carbocycles. The van der Waals surface area contributed by atoms with Gasteiger partial charge in [-0.15, -0.1) is 0 Å². The quantitative estimate of drug-likeness (QED) is 0.618. The third kappa shape index (κ3) is 3.49. The summed E-state index contributed by atoms with van der Waals surface area (Å²) in [6.45, 7) is 14.2. The fraction of sp³-hybridized carbons (Fsp3) is 0.412. The van der Waals surface area contributed by atoms with Gasteiger partial charge in [0.1, 0.15) is 0 Å². The molecule has 100 valence electrons. The average molecular weight is 245 g/mol. The van der Waals surface area contributed by atoms with E-state index in [-0.39, 0.29) is 0 Å². The third-order valence-electron chi connectivity index (χ3n) is 2.61. The SMILES string of the molecule is C=Cc1c(C)c2ccccc2n1C.CC.CCC. The van der Waals surface area contributed by atoms with Crippen molar-refractivity contribution in [3.8, 4) is 0 Å². The summed E-state index contributed by atoms with van der Waals surface area (Å²) in [5.74, 6) is 0. The van der Waals surface area contributed by atoms with Crippen LogP contribution in [0.4, 0.5) is 0 Å². The number of benzene rings is 1. The molecule has 0 fully saturated rings. The molecule has 2 rings (SSSR count). The summed E-state index contributed by atoms with van der Waals surface area (Å²) in [5, 5.41) is 1.32. The van der Waals surface area contributed by atoms with Crippen molar-refractivity contribution in [3.05, 3.63) is 42.1 Å². The molecule has 0 aliphatic rings. The summed E-state index contributed by atoms with van der Waals surface area (Å²) >= 11 is 0. The van der Waals surface area contributed by atoms with Crippen LogP contribution in [0.2, 0.25) is 0 Å². The van der Waals surface area contributed by atoms with E-state index in [4.69, 9.17) is 0 Å². The van der Waals surface area contributed by atoms with Gasteiger partial charge < -0.3 is 4.57 Å². The smallest absolute Gasteiger partial charge is 0.0485 e. The zero-order chi connectivity index (χ0) is 14.1. The van der Waals surface area contributed by atoms with Gasteiger partial charge in [-0.2, -0.15) is 0 Å². The Morgan fingerprint density at radius 3 is 2.11 bits per heavy atom. The lowest BCUT2D eigenvalue weighted by Crippen LogP contribution is -1.89. The number of aromatic nitrogens is 1. The molecule has 0 N–H and O–H groups in total. The van der Waals surface area contributed by atoms with Crippen molar-refractivity contribution in [1.29, 1.82) is 0 Å². The normalized spacial score (nSPS) is 9.00. The fourth-order valence-electron chi connectivity index (χ4n) is 1.89. The van der Waals surface area contributed by atoms with Crippen LogP contribution in [0.3, 0.4) is 0 Å². The molecule has 0 radical (unpaired) electrons. The van der Waals surface area contributed by atoms with Crippen LogP contribution in [0.1, 0.15) is 45.4 Å². The fourth-order valence-corrected chi connectivity index (χ4v) is 1.89. The first-order valence-electron chi connectivity index (χ1n) is 6.83. The van der Waals surface area contributed by atoms with Crippen LogP contribution in [0.5, 0.6) is 0 Å². The van der Waals surface area contributed by atoms with Crippen molar-refractivity contribution in [2.75, 3.05) is 0 Å². The van der Waals surface area contributed by atoms with Crippen LogP contribution in [0, 0.1) is 6.92 Å². The Bertz CT molecular complexity index is 439. The molecular weight excluding hydrogens is 218 g/mol. The Labute approximate surface area is 112 Å². The molecule has 18 heavy (non-hydrogen) atoms. The summed E-state index contributed by atoms with van der Waals surface area (Å²) in [4.78, 5) is 0. The van der Waals surface area contributed by atoms with Crippen molar-refractivity contribution >= 4 is 17.0 Å². The Balaban J connectivity index is 0.000000509. The van der Waals surface area contributed by atoms with Gasteiger partial charge in [0.05, 0.1) is 0 Å². The lowest BCUT2D eigenvalue weighted by molar-refractivity contribution is 0.949. The molecule has 0 aliphatic heterocycles. The molecule has 1 aromatic heterocycles. The molecule has 0 saturated heterocycles. The molecule has 1 heterocycles. The van der Waals surface area contributed by atoms with Crippen molar-refractivity contribution in [2.45, 2.75) is 41.0 Å². The standard InChI is InChI=1S/C12H13N.C3H8.C2H6/c1-4-11-9(2)10-7-5-6-8-12(10)13(11)3;1-3-2;1-2/h4-8H,1H2,2-3H3;3H2,1-2H3;1-2H3. The van der Waals surface area contributed by atoms with Gasteiger partial charge in [0, 0.05) is 23.6 Å². The van der Waals surface area contributed by atoms with Crippen molar-refractivity contribution < 1.29 is 0 Å². The molecule has 0 unspecified atom stereocenters. The van der Waals surface area contributed by atoms with Gasteiger partial charge >= 0.3 is 0 Å². The second-order valence-electron chi connectivity index (χ2n) is 4.00. The van der Waals surface area contributed by atoms with E-state index in [0.29, 0.717) is 0 Å². The van der Waals surface area contributed by atoms with E-state index in [2.05, 4.69) is 63.2 Å². The van der Waals surface area contributed by atoms with Gasteiger partial charge in [0.15, 0.2) is 0 Å². The van der Waals surface area contributed by atoms with Crippen LogP contribution < -0.4 is 0 Å². The summed E-state index contributed by atoms with van der Waals surface area (Å²) in [6, 6.07) is 8.42. The second kappa shape index (κ2) is 8.57. The van der Waals surface area contributed by atoms with E-state index in [9.17, 15) is 0 Å². The number of rotatable bonds is 1. The van der Waals surface area contributed by atoms with Crippen molar-refractivity contribution in [3.63, 3.8) is 0 Å². The lowest BCUT2D eigenvalue weighted by atomic mass is 10.1. The molecule has 0 bridgehead atoms. The maximum Gasteiger partial charge on any atom is 0.0485 e. The molecule has 0 atom stereocenters. The first-order valence-corrected chi connectivity index (χ1v) is 6.83. The predicted molar refractivity (Wildman–Crippen MR) is 85.1 cm³/mol. The van der Waals surface area contributed by atoms with E-state index in [1.807, 2.05) is 19.9 Å². The zero-order valence-electron chi connectivity index (χ0n) is 12.7. The number of nitrogens with zero attached hydrogens (tertiary/aromatic N) is 1. The summed E-state index contributed by atoms with van der Waals surface area (Å²) in [7, 11) is 2.08. The van der Waals surface area contributed by atoms with Gasteiger partial charge in [0.25, 0.3) is 0 Å². The van der Waals surface area contributed by atoms with Crippen LogP contribution in [-0.4, -0.2) is 4.57 Å². The first-order chi connectivity index (χ1) is 8.67. The van der Waals surface area contributed by atoms with E-state index >= 15 is 0 Å². The number of fused-ring (bicyclic) bond motifs is 1. The Morgan fingerprint density at radius 2 is 1.67 bits per heavy atom. The van der Waals surface area contributed by atoms with Crippen LogP contribution >= 0.6 is 0 Å². The van der Waals surface area contributed by atoms with E-state index in [1.54, 1.807) is 0 Å². The highest BCUT2D eigenvalue weighted by molar-refractivity contribution is 5.87. The molecule has 1 heteroatoms. The zero-order valence-corrected chi connectivity index (χ0v) is 12.7. The Morgan fingerprint density at radius 1 is 1.17 bits per heavy atom. The molecule has 1 nitrogen and oxygen atoms in total. The molecular formula is C17H27N. The van der Waals surface area contributed by atoms with E-state index in [0.717, 1.165) is 0 Å².